The minimum absolute atomic E-state index is 0.0840. The van der Waals surface area contributed by atoms with E-state index < -0.39 is 0 Å². The van der Waals surface area contributed by atoms with Crippen molar-refractivity contribution in [2.45, 2.75) is 19.9 Å². The lowest BCUT2D eigenvalue weighted by Gasteiger charge is -2.23. The van der Waals surface area contributed by atoms with Gasteiger partial charge in [0.25, 0.3) is 5.56 Å². The zero-order valence-electron chi connectivity index (χ0n) is 18.5. The summed E-state index contributed by atoms with van der Waals surface area (Å²) >= 11 is 0. The van der Waals surface area contributed by atoms with Gasteiger partial charge < -0.3 is 4.74 Å². The number of hydrogen-bond donors (Lipinski definition) is 0. The van der Waals surface area contributed by atoms with Crippen LogP contribution < -0.4 is 10.3 Å². The number of fused-ring (bicyclic) bond motifs is 1. The Morgan fingerprint density at radius 1 is 0.818 bits per heavy atom. The number of benzene rings is 3. The molecule has 0 unspecified atom stereocenters. The molecule has 5 nitrogen and oxygen atoms in total. The van der Waals surface area contributed by atoms with E-state index in [1.54, 1.807) is 29.0 Å². The van der Waals surface area contributed by atoms with E-state index in [2.05, 4.69) is 4.98 Å². The Balaban J connectivity index is 1.64. The van der Waals surface area contributed by atoms with Gasteiger partial charge >= 0.3 is 0 Å². The van der Waals surface area contributed by atoms with E-state index in [0.29, 0.717) is 28.2 Å². The summed E-state index contributed by atoms with van der Waals surface area (Å²) in [6.45, 7) is 3.77. The van der Waals surface area contributed by atoms with Crippen LogP contribution in [0.1, 0.15) is 28.7 Å². The molecule has 5 heteroatoms. The van der Waals surface area contributed by atoms with Crippen LogP contribution in [0, 0.1) is 13.8 Å². The van der Waals surface area contributed by atoms with Crippen molar-refractivity contribution in [1.82, 2.24) is 14.5 Å². The first-order chi connectivity index (χ1) is 16.1. The Morgan fingerprint density at radius 3 is 2.12 bits per heavy atom. The van der Waals surface area contributed by atoms with Crippen molar-refractivity contribution in [3.8, 4) is 11.5 Å². The molecule has 0 saturated carbocycles. The lowest BCUT2D eigenvalue weighted by atomic mass is 9.98. The standard InChI is InChI=1S/C28H23N3O2/c1-19-26(14-9-17-29-19)33-23-15-16-24-25(18-23)30-20(2)31(28(24)32)27(21-10-5-3-6-11-21)22-12-7-4-8-13-22/h3-18,27H,1-2H3. The van der Waals surface area contributed by atoms with Gasteiger partial charge in [0, 0.05) is 12.3 Å². The van der Waals surface area contributed by atoms with Crippen LogP contribution in [0.2, 0.25) is 0 Å². The molecule has 0 radical (unpaired) electrons. The molecule has 162 valence electrons. The van der Waals surface area contributed by atoms with Crippen LogP contribution in [0.5, 0.6) is 11.5 Å². The van der Waals surface area contributed by atoms with Crippen molar-refractivity contribution in [2.75, 3.05) is 0 Å². The molecule has 0 aliphatic carbocycles. The second-order valence-corrected chi connectivity index (χ2v) is 7.93. The predicted molar refractivity (Wildman–Crippen MR) is 130 cm³/mol. The third-order valence-electron chi connectivity index (χ3n) is 5.72. The van der Waals surface area contributed by atoms with Gasteiger partial charge in [-0.3, -0.25) is 14.3 Å². The summed E-state index contributed by atoms with van der Waals surface area (Å²) in [6.07, 6.45) is 1.73. The summed E-state index contributed by atoms with van der Waals surface area (Å²) in [5.41, 5.74) is 3.38. The van der Waals surface area contributed by atoms with E-state index in [9.17, 15) is 4.79 Å². The van der Waals surface area contributed by atoms with Crippen molar-refractivity contribution in [3.63, 3.8) is 0 Å². The fourth-order valence-corrected chi connectivity index (χ4v) is 4.12. The molecule has 0 bridgehead atoms. The molecule has 0 aliphatic heterocycles. The molecule has 2 aromatic heterocycles. The van der Waals surface area contributed by atoms with Gasteiger partial charge in [-0.25, -0.2) is 4.98 Å². The number of pyridine rings is 1. The van der Waals surface area contributed by atoms with Gasteiger partial charge in [0.05, 0.1) is 22.6 Å². The Hall–Kier alpha value is -4.25. The van der Waals surface area contributed by atoms with Crippen molar-refractivity contribution in [3.05, 3.63) is 130 Å². The van der Waals surface area contributed by atoms with E-state index in [4.69, 9.17) is 9.72 Å². The van der Waals surface area contributed by atoms with E-state index in [1.165, 1.54) is 0 Å². The number of ether oxygens (including phenoxy) is 1. The minimum atomic E-state index is -0.272. The Labute approximate surface area is 192 Å². The van der Waals surface area contributed by atoms with Crippen molar-refractivity contribution in [2.24, 2.45) is 0 Å². The summed E-state index contributed by atoms with van der Waals surface area (Å²) in [7, 11) is 0. The topological polar surface area (TPSA) is 57.0 Å². The van der Waals surface area contributed by atoms with Gasteiger partial charge in [-0.2, -0.15) is 0 Å². The first kappa shape index (κ1) is 20.6. The SMILES string of the molecule is Cc1ncccc1Oc1ccc2c(=O)n(C(c3ccccc3)c3ccccc3)c(C)nc2c1. The van der Waals surface area contributed by atoms with Gasteiger partial charge in [-0.05, 0) is 49.2 Å². The minimum Gasteiger partial charge on any atom is -0.455 e. The van der Waals surface area contributed by atoms with Crippen molar-refractivity contribution in [1.29, 1.82) is 0 Å². The average molecular weight is 434 g/mol. The van der Waals surface area contributed by atoms with Crippen molar-refractivity contribution < 1.29 is 4.74 Å². The van der Waals surface area contributed by atoms with Gasteiger partial charge in [0.1, 0.15) is 17.3 Å². The zero-order valence-corrected chi connectivity index (χ0v) is 18.5. The van der Waals surface area contributed by atoms with Crippen LogP contribution in [-0.2, 0) is 0 Å². The maximum atomic E-state index is 13.7. The highest BCUT2D eigenvalue weighted by molar-refractivity contribution is 5.79. The molecule has 5 rings (SSSR count). The number of aryl methyl sites for hydroxylation is 2. The van der Waals surface area contributed by atoms with Crippen molar-refractivity contribution >= 4 is 10.9 Å². The molecule has 0 spiro atoms. The molecule has 0 saturated heterocycles. The molecule has 2 heterocycles. The largest absolute Gasteiger partial charge is 0.455 e. The first-order valence-corrected chi connectivity index (χ1v) is 10.8. The maximum Gasteiger partial charge on any atom is 0.262 e. The van der Waals surface area contributed by atoms with E-state index in [0.717, 1.165) is 16.8 Å². The zero-order chi connectivity index (χ0) is 22.8. The highest BCUT2D eigenvalue weighted by atomic mass is 16.5. The van der Waals surface area contributed by atoms with E-state index >= 15 is 0 Å². The van der Waals surface area contributed by atoms with Crippen LogP contribution in [0.4, 0.5) is 0 Å². The fourth-order valence-electron chi connectivity index (χ4n) is 4.12. The van der Waals surface area contributed by atoms with Crippen LogP contribution in [-0.4, -0.2) is 14.5 Å². The monoisotopic (exact) mass is 433 g/mol. The first-order valence-electron chi connectivity index (χ1n) is 10.8. The molecule has 33 heavy (non-hydrogen) atoms. The summed E-state index contributed by atoms with van der Waals surface area (Å²) in [5.74, 6) is 1.93. The summed E-state index contributed by atoms with van der Waals surface area (Å²) < 4.78 is 7.78. The van der Waals surface area contributed by atoms with Gasteiger partial charge in [0.2, 0.25) is 0 Å². The van der Waals surface area contributed by atoms with E-state index in [1.807, 2.05) is 86.6 Å². The lowest BCUT2D eigenvalue weighted by Crippen LogP contribution is -2.29. The number of aromatic nitrogens is 3. The summed E-state index contributed by atoms with van der Waals surface area (Å²) in [4.78, 5) is 22.8. The van der Waals surface area contributed by atoms with Gasteiger partial charge in [0.15, 0.2) is 0 Å². The molecule has 0 aliphatic rings. The number of hydrogen-bond acceptors (Lipinski definition) is 4. The molecule has 5 aromatic rings. The Kier molecular flexibility index (Phi) is 5.45. The molecule has 3 aromatic carbocycles. The summed E-state index contributed by atoms with van der Waals surface area (Å²) in [5, 5.41) is 0.549. The molecular formula is C28H23N3O2. The molecule has 0 N–H and O–H groups in total. The van der Waals surface area contributed by atoms with Crippen LogP contribution >= 0.6 is 0 Å². The van der Waals surface area contributed by atoms with Crippen LogP contribution in [0.15, 0.2) is 102 Å². The molecule has 0 atom stereocenters. The predicted octanol–water partition coefficient (Wildman–Crippen LogP) is 5.84. The third-order valence-corrected chi connectivity index (χ3v) is 5.72. The quantitative estimate of drug-likeness (QED) is 0.349. The van der Waals surface area contributed by atoms with Crippen LogP contribution in [0.3, 0.4) is 0 Å². The maximum absolute atomic E-state index is 13.7. The van der Waals surface area contributed by atoms with Gasteiger partial charge in [-0.15, -0.1) is 0 Å². The molecule has 0 fully saturated rings. The smallest absolute Gasteiger partial charge is 0.262 e. The average Bonchev–Trinajstić information content (AvgIpc) is 2.84. The Bertz CT molecular complexity index is 1440. The van der Waals surface area contributed by atoms with Crippen LogP contribution in [0.25, 0.3) is 10.9 Å². The second kappa shape index (κ2) is 8.71. The Morgan fingerprint density at radius 2 is 1.48 bits per heavy atom. The normalized spacial score (nSPS) is 11.1. The highest BCUT2D eigenvalue weighted by Crippen LogP contribution is 2.29. The number of rotatable bonds is 5. The highest BCUT2D eigenvalue weighted by Gasteiger charge is 2.21. The molecular weight excluding hydrogens is 410 g/mol. The summed E-state index contributed by atoms with van der Waals surface area (Å²) in [6, 6.07) is 28.9. The number of nitrogens with zero attached hydrogens (tertiary/aromatic N) is 3. The fraction of sp³-hybridized carbons (Fsp3) is 0.107. The van der Waals surface area contributed by atoms with E-state index in [-0.39, 0.29) is 11.6 Å². The second-order valence-electron chi connectivity index (χ2n) is 7.93. The molecule has 0 amide bonds. The third kappa shape index (κ3) is 4.01. The lowest BCUT2D eigenvalue weighted by molar-refractivity contribution is 0.476. The van der Waals surface area contributed by atoms with Gasteiger partial charge in [-0.1, -0.05) is 60.7 Å².